The number of carbonyl (C=O) groups is 3. The fourth-order valence-corrected chi connectivity index (χ4v) is 2.89. The van der Waals surface area contributed by atoms with E-state index >= 15 is 0 Å². The van der Waals surface area contributed by atoms with Crippen LogP contribution in [0.15, 0.2) is 24.3 Å². The van der Waals surface area contributed by atoms with Crippen LogP contribution in [0.5, 0.6) is 5.75 Å². The zero-order valence-corrected chi connectivity index (χ0v) is 16.6. The Morgan fingerprint density at radius 1 is 1.04 bits per heavy atom. The molecule has 2 unspecified atom stereocenters. The van der Waals surface area contributed by atoms with Crippen molar-refractivity contribution in [2.75, 3.05) is 5.32 Å². The minimum Gasteiger partial charge on any atom is -0.488 e. The number of nitrogens with one attached hydrogen (secondary N) is 1. The van der Waals surface area contributed by atoms with Gasteiger partial charge in [0, 0.05) is 0 Å². The molecule has 1 amide bonds. The third-order valence-electron chi connectivity index (χ3n) is 4.40. The summed E-state index contributed by atoms with van der Waals surface area (Å²) in [4.78, 5) is 34.8. The first-order valence-electron chi connectivity index (χ1n) is 9.86. The first-order valence-corrected chi connectivity index (χ1v) is 9.86. The highest BCUT2D eigenvalue weighted by molar-refractivity contribution is 6.04. The van der Waals surface area contributed by atoms with Gasteiger partial charge in [0.25, 0.3) is 0 Å². The minimum atomic E-state index is -1.15. The van der Waals surface area contributed by atoms with E-state index in [1.54, 1.807) is 31.2 Å². The fourth-order valence-electron chi connectivity index (χ4n) is 2.89. The summed E-state index contributed by atoms with van der Waals surface area (Å²) in [6.45, 7) is 3.75. The highest BCUT2D eigenvalue weighted by Crippen LogP contribution is 2.26. The van der Waals surface area contributed by atoms with Crippen LogP contribution in [0.4, 0.5) is 5.69 Å². The first kappa shape index (κ1) is 23.5. The molecule has 1 aromatic rings. The number of unbranched alkanes of at least 4 members (excludes halogenated alkanes) is 5. The van der Waals surface area contributed by atoms with Gasteiger partial charge in [0.1, 0.15) is 17.8 Å². The van der Waals surface area contributed by atoms with Gasteiger partial charge in [-0.1, -0.05) is 57.6 Å². The van der Waals surface area contributed by atoms with E-state index in [2.05, 4.69) is 12.2 Å². The summed E-state index contributed by atoms with van der Waals surface area (Å²) < 4.78 is 5.59. The first-order chi connectivity index (χ1) is 13.3. The molecule has 1 rings (SSSR count). The Labute approximate surface area is 166 Å². The van der Waals surface area contributed by atoms with E-state index in [1.165, 1.54) is 6.42 Å². The molecule has 2 atom stereocenters. The number of hydrogen-bond acceptors (Lipinski definition) is 4. The van der Waals surface area contributed by atoms with Gasteiger partial charge >= 0.3 is 11.9 Å². The molecule has 0 aliphatic carbocycles. The number of carbonyl (C=O) groups excluding carboxylic acids is 1. The van der Waals surface area contributed by atoms with Crippen LogP contribution in [0, 0.1) is 5.92 Å². The van der Waals surface area contributed by atoms with Gasteiger partial charge in [0.2, 0.25) is 5.91 Å². The molecule has 0 saturated carbocycles. The summed E-state index contributed by atoms with van der Waals surface area (Å²) in [7, 11) is 0. The highest BCUT2D eigenvalue weighted by Gasteiger charge is 2.26. The molecule has 28 heavy (non-hydrogen) atoms. The van der Waals surface area contributed by atoms with Gasteiger partial charge < -0.3 is 20.3 Å². The lowest BCUT2D eigenvalue weighted by atomic mass is 9.99. The highest BCUT2D eigenvalue weighted by atomic mass is 16.5. The van der Waals surface area contributed by atoms with Crippen molar-refractivity contribution in [2.24, 2.45) is 5.92 Å². The van der Waals surface area contributed by atoms with Gasteiger partial charge in [0.15, 0.2) is 0 Å². The number of aliphatic carboxylic acids is 2. The largest absolute Gasteiger partial charge is 0.488 e. The van der Waals surface area contributed by atoms with Crippen molar-refractivity contribution in [1.29, 1.82) is 0 Å². The molecule has 1 aromatic carbocycles. The van der Waals surface area contributed by atoms with E-state index in [0.29, 0.717) is 17.9 Å². The number of benzene rings is 1. The number of rotatable bonds is 14. The summed E-state index contributed by atoms with van der Waals surface area (Å²) in [6, 6.07) is 6.60. The Morgan fingerprint density at radius 3 is 2.32 bits per heavy atom. The van der Waals surface area contributed by atoms with Crippen molar-refractivity contribution in [3.8, 4) is 5.75 Å². The zero-order valence-electron chi connectivity index (χ0n) is 16.6. The van der Waals surface area contributed by atoms with Crippen LogP contribution < -0.4 is 10.1 Å². The summed E-state index contributed by atoms with van der Waals surface area (Å²) in [5.41, 5.74) is 0.332. The summed E-state index contributed by atoms with van der Waals surface area (Å²) in [5, 5.41) is 20.9. The van der Waals surface area contributed by atoms with E-state index < -0.39 is 29.9 Å². The third kappa shape index (κ3) is 8.88. The smallest absolute Gasteiger partial charge is 0.316 e. The van der Waals surface area contributed by atoms with Crippen LogP contribution in [-0.2, 0) is 14.4 Å². The van der Waals surface area contributed by atoms with Gasteiger partial charge in [-0.2, -0.15) is 0 Å². The Kier molecular flexibility index (Phi) is 10.7. The maximum absolute atomic E-state index is 12.5. The average Bonchev–Trinajstić information content (AvgIpc) is 2.61. The number of carboxylic acids is 2. The van der Waals surface area contributed by atoms with Gasteiger partial charge in [-0.05, 0) is 25.5 Å². The van der Waals surface area contributed by atoms with Crippen LogP contribution in [0.3, 0.4) is 0 Å². The maximum Gasteiger partial charge on any atom is 0.316 e. The second-order valence-electron chi connectivity index (χ2n) is 6.96. The molecule has 7 heteroatoms. The van der Waals surface area contributed by atoms with Crippen molar-refractivity contribution >= 4 is 23.5 Å². The van der Waals surface area contributed by atoms with Gasteiger partial charge in [0.05, 0.1) is 12.1 Å². The molecular weight excluding hydrogens is 362 g/mol. The van der Waals surface area contributed by atoms with E-state index in [4.69, 9.17) is 9.84 Å². The van der Waals surface area contributed by atoms with E-state index in [-0.39, 0.29) is 12.8 Å². The fraction of sp³-hybridized carbons (Fsp3) is 0.571. The minimum absolute atomic E-state index is 0.182. The van der Waals surface area contributed by atoms with Crippen LogP contribution >= 0.6 is 0 Å². The molecule has 7 nitrogen and oxygen atoms in total. The van der Waals surface area contributed by atoms with Gasteiger partial charge in [-0.25, -0.2) is 0 Å². The summed E-state index contributed by atoms with van der Waals surface area (Å²) in [6.07, 6.45) is 5.58. The standard InChI is InChI=1S/C21H31NO6/c1-3-4-5-6-7-8-11-16(21(26)27)20(25)22-17-12-9-10-13-18(17)28-15(2)14-19(23)24/h9-10,12-13,15-16H,3-8,11,14H2,1-2H3,(H,22,25)(H,23,24)(H,26,27). The van der Waals surface area contributed by atoms with Gasteiger partial charge in [-0.3, -0.25) is 14.4 Å². The Bertz CT molecular complexity index is 646. The number of amides is 1. The number of anilines is 1. The normalized spacial score (nSPS) is 12.8. The van der Waals surface area contributed by atoms with Crippen LogP contribution in [0.1, 0.15) is 65.2 Å². The average molecular weight is 393 g/mol. The lowest BCUT2D eigenvalue weighted by Gasteiger charge is -2.18. The molecule has 0 saturated heterocycles. The van der Waals surface area contributed by atoms with Crippen LogP contribution in [-0.4, -0.2) is 34.2 Å². The molecule has 0 aliphatic rings. The Hall–Kier alpha value is -2.57. The zero-order chi connectivity index (χ0) is 20.9. The molecule has 0 aromatic heterocycles. The van der Waals surface area contributed by atoms with Crippen LogP contribution in [0.2, 0.25) is 0 Å². The predicted octanol–water partition coefficient (Wildman–Crippen LogP) is 4.32. The molecule has 0 aliphatic heterocycles. The summed E-state index contributed by atoms with van der Waals surface area (Å²) >= 11 is 0. The van der Waals surface area contributed by atoms with E-state index in [1.807, 2.05) is 0 Å². The molecule has 0 fully saturated rings. The number of ether oxygens (including phenoxy) is 1. The molecular formula is C21H31NO6. The van der Waals surface area contributed by atoms with Crippen molar-refractivity contribution in [3.63, 3.8) is 0 Å². The van der Waals surface area contributed by atoms with Crippen molar-refractivity contribution in [1.82, 2.24) is 0 Å². The molecule has 0 bridgehead atoms. The maximum atomic E-state index is 12.5. The quantitative estimate of drug-likeness (QED) is 0.320. The lowest BCUT2D eigenvalue weighted by Crippen LogP contribution is -2.30. The molecule has 0 heterocycles. The summed E-state index contributed by atoms with van der Waals surface area (Å²) in [5.74, 6) is -3.55. The van der Waals surface area contributed by atoms with Crippen molar-refractivity contribution in [2.45, 2.75) is 71.3 Å². The Morgan fingerprint density at radius 2 is 1.68 bits per heavy atom. The molecule has 0 radical (unpaired) electrons. The second-order valence-corrected chi connectivity index (χ2v) is 6.96. The van der Waals surface area contributed by atoms with Crippen LogP contribution in [0.25, 0.3) is 0 Å². The molecule has 3 N–H and O–H groups in total. The van der Waals surface area contributed by atoms with E-state index in [9.17, 15) is 19.5 Å². The topological polar surface area (TPSA) is 113 Å². The SMILES string of the molecule is CCCCCCCCC(C(=O)O)C(=O)Nc1ccccc1OC(C)CC(=O)O. The van der Waals surface area contributed by atoms with Gasteiger partial charge in [-0.15, -0.1) is 0 Å². The monoisotopic (exact) mass is 393 g/mol. The molecule has 0 spiro atoms. The van der Waals surface area contributed by atoms with E-state index in [0.717, 1.165) is 25.7 Å². The number of carboxylic acid groups (broad SMARTS) is 2. The predicted molar refractivity (Wildman–Crippen MR) is 107 cm³/mol. The second kappa shape index (κ2) is 12.8. The third-order valence-corrected chi connectivity index (χ3v) is 4.40. The van der Waals surface area contributed by atoms with Crippen molar-refractivity contribution < 1.29 is 29.3 Å². The lowest BCUT2D eigenvalue weighted by molar-refractivity contribution is -0.146. The van der Waals surface area contributed by atoms with Crippen molar-refractivity contribution in [3.05, 3.63) is 24.3 Å². The Balaban J connectivity index is 2.67. The number of para-hydroxylation sites is 2. The number of hydrogen-bond donors (Lipinski definition) is 3. The molecule has 156 valence electrons.